The van der Waals surface area contributed by atoms with Crippen LogP contribution < -0.4 is 5.32 Å². The molecular weight excluding hydrogens is 369 g/mol. The number of halogens is 2. The van der Waals surface area contributed by atoms with Gasteiger partial charge in [-0.2, -0.15) is 5.10 Å². The third-order valence-corrected chi connectivity index (χ3v) is 7.30. The standard InChI is InChI=1S/C20H21Cl2N3O/c21-15-2-1-12(8-16(15)22)17-9-18(25-24-17)20(26)23-19-13-4-10-3-11(6-13)7-14(19)5-10/h1-2,8-11,13-14,19H,3-7H2,(H,23,26)(H,24,25). The summed E-state index contributed by atoms with van der Waals surface area (Å²) in [4.78, 5) is 12.8. The Balaban J connectivity index is 1.32. The van der Waals surface area contributed by atoms with E-state index in [4.69, 9.17) is 23.2 Å². The first kappa shape index (κ1) is 16.6. The van der Waals surface area contributed by atoms with Crippen molar-refractivity contribution in [1.82, 2.24) is 15.5 Å². The number of hydrogen-bond acceptors (Lipinski definition) is 2. The quantitative estimate of drug-likeness (QED) is 0.780. The molecular formula is C20H21Cl2N3O. The highest BCUT2D eigenvalue weighted by Crippen LogP contribution is 2.53. The molecule has 2 N–H and O–H groups in total. The van der Waals surface area contributed by atoms with Crippen LogP contribution in [0.15, 0.2) is 24.3 Å². The van der Waals surface area contributed by atoms with E-state index in [-0.39, 0.29) is 5.91 Å². The van der Waals surface area contributed by atoms with Gasteiger partial charge in [-0.1, -0.05) is 29.3 Å². The summed E-state index contributed by atoms with van der Waals surface area (Å²) < 4.78 is 0. The number of aromatic nitrogens is 2. The number of carbonyl (C=O) groups excluding carboxylic acids is 1. The van der Waals surface area contributed by atoms with E-state index in [0.717, 1.165) is 17.4 Å². The molecule has 26 heavy (non-hydrogen) atoms. The fourth-order valence-electron chi connectivity index (χ4n) is 5.63. The topological polar surface area (TPSA) is 57.8 Å². The highest BCUT2D eigenvalue weighted by molar-refractivity contribution is 6.42. The first-order valence-corrected chi connectivity index (χ1v) is 10.1. The van der Waals surface area contributed by atoms with Crippen LogP contribution in [-0.4, -0.2) is 22.1 Å². The molecule has 4 saturated carbocycles. The van der Waals surface area contributed by atoms with Crippen molar-refractivity contribution in [1.29, 1.82) is 0 Å². The predicted octanol–water partition coefficient (Wildman–Crippen LogP) is 4.94. The molecule has 0 spiro atoms. The Hall–Kier alpha value is -1.52. The van der Waals surface area contributed by atoms with Gasteiger partial charge in [0.05, 0.1) is 15.7 Å². The summed E-state index contributed by atoms with van der Waals surface area (Å²) >= 11 is 12.1. The van der Waals surface area contributed by atoms with Gasteiger partial charge in [0.25, 0.3) is 5.91 Å². The normalized spacial score (nSPS) is 32.0. The van der Waals surface area contributed by atoms with E-state index in [9.17, 15) is 4.79 Å². The predicted molar refractivity (Wildman–Crippen MR) is 102 cm³/mol. The Morgan fingerprint density at radius 2 is 1.69 bits per heavy atom. The number of hydrogen-bond donors (Lipinski definition) is 2. The van der Waals surface area contributed by atoms with Gasteiger partial charge in [-0.15, -0.1) is 0 Å². The molecule has 0 unspecified atom stereocenters. The summed E-state index contributed by atoms with van der Waals surface area (Å²) in [7, 11) is 0. The molecule has 6 rings (SSSR count). The van der Waals surface area contributed by atoms with Gasteiger partial charge in [-0.25, -0.2) is 0 Å². The van der Waals surface area contributed by atoms with Gasteiger partial charge in [0.1, 0.15) is 5.69 Å². The first-order valence-electron chi connectivity index (χ1n) is 9.38. The smallest absolute Gasteiger partial charge is 0.269 e. The maximum Gasteiger partial charge on any atom is 0.269 e. The number of nitrogens with one attached hydrogen (secondary N) is 2. The van der Waals surface area contributed by atoms with Crippen LogP contribution >= 0.6 is 23.2 Å². The van der Waals surface area contributed by atoms with Crippen LogP contribution in [0.5, 0.6) is 0 Å². The molecule has 1 heterocycles. The van der Waals surface area contributed by atoms with Crippen LogP contribution in [0.1, 0.15) is 42.6 Å². The molecule has 136 valence electrons. The second-order valence-corrected chi connectivity index (χ2v) is 9.04. The number of nitrogens with zero attached hydrogens (tertiary/aromatic N) is 1. The molecule has 4 bridgehead atoms. The maximum atomic E-state index is 12.8. The number of rotatable bonds is 3. The minimum Gasteiger partial charge on any atom is -0.347 e. The summed E-state index contributed by atoms with van der Waals surface area (Å²) in [6.07, 6.45) is 6.57. The van der Waals surface area contributed by atoms with Crippen LogP contribution in [0.4, 0.5) is 0 Å². The summed E-state index contributed by atoms with van der Waals surface area (Å²) in [5.74, 6) is 3.07. The van der Waals surface area contributed by atoms with Gasteiger partial charge < -0.3 is 5.32 Å². The third-order valence-electron chi connectivity index (χ3n) is 6.56. The molecule has 0 aliphatic heterocycles. The van der Waals surface area contributed by atoms with E-state index in [1.165, 1.54) is 32.1 Å². The zero-order valence-electron chi connectivity index (χ0n) is 14.3. The van der Waals surface area contributed by atoms with E-state index >= 15 is 0 Å². The fourth-order valence-corrected chi connectivity index (χ4v) is 5.93. The van der Waals surface area contributed by atoms with Gasteiger partial charge in [0, 0.05) is 11.6 Å². The lowest BCUT2D eigenvalue weighted by Crippen LogP contribution is -2.55. The molecule has 4 fully saturated rings. The number of aromatic amines is 1. The molecule has 0 saturated heterocycles. The van der Waals surface area contributed by atoms with Crippen LogP contribution in [0.2, 0.25) is 10.0 Å². The van der Waals surface area contributed by atoms with Gasteiger partial charge >= 0.3 is 0 Å². The van der Waals surface area contributed by atoms with Crippen molar-refractivity contribution >= 4 is 29.1 Å². The van der Waals surface area contributed by atoms with Crippen molar-refractivity contribution in [2.45, 2.75) is 38.1 Å². The molecule has 1 amide bonds. The van der Waals surface area contributed by atoms with Crippen LogP contribution in [0.3, 0.4) is 0 Å². The second-order valence-electron chi connectivity index (χ2n) is 8.23. The number of amides is 1. The van der Waals surface area contributed by atoms with E-state index in [2.05, 4.69) is 15.5 Å². The van der Waals surface area contributed by atoms with Crippen molar-refractivity contribution in [2.75, 3.05) is 0 Å². The molecule has 1 aromatic heterocycles. The number of H-pyrrole nitrogens is 1. The van der Waals surface area contributed by atoms with Gasteiger partial charge in [-0.3, -0.25) is 9.89 Å². The van der Waals surface area contributed by atoms with E-state index in [1.54, 1.807) is 18.2 Å². The molecule has 4 aliphatic rings. The van der Waals surface area contributed by atoms with Crippen LogP contribution in [0.25, 0.3) is 11.3 Å². The van der Waals surface area contributed by atoms with Crippen molar-refractivity contribution < 1.29 is 4.79 Å². The van der Waals surface area contributed by atoms with Crippen molar-refractivity contribution in [3.8, 4) is 11.3 Å². The first-order chi connectivity index (χ1) is 12.6. The molecule has 1 aromatic carbocycles. The lowest BCUT2D eigenvalue weighted by Gasteiger charge is -2.54. The average molecular weight is 390 g/mol. The minimum absolute atomic E-state index is 0.0544. The lowest BCUT2D eigenvalue weighted by molar-refractivity contribution is -0.0120. The molecule has 0 radical (unpaired) electrons. The van der Waals surface area contributed by atoms with Gasteiger partial charge in [-0.05, 0) is 74.0 Å². The van der Waals surface area contributed by atoms with Crippen LogP contribution in [-0.2, 0) is 0 Å². The zero-order valence-corrected chi connectivity index (χ0v) is 15.9. The van der Waals surface area contributed by atoms with Crippen LogP contribution in [0, 0.1) is 23.7 Å². The summed E-state index contributed by atoms with van der Waals surface area (Å²) in [6, 6.07) is 7.46. The molecule has 4 aliphatic carbocycles. The van der Waals surface area contributed by atoms with Crippen molar-refractivity contribution in [3.63, 3.8) is 0 Å². The SMILES string of the molecule is O=C(NC1C2CC3CC(C2)CC1C3)c1cc(-c2ccc(Cl)c(Cl)c2)n[nH]1. The highest BCUT2D eigenvalue weighted by Gasteiger charge is 2.48. The van der Waals surface area contributed by atoms with E-state index < -0.39 is 0 Å². The second kappa shape index (κ2) is 6.28. The Morgan fingerprint density at radius 1 is 1.00 bits per heavy atom. The Labute approximate surface area is 162 Å². The van der Waals surface area contributed by atoms with Gasteiger partial charge in [0.15, 0.2) is 0 Å². The minimum atomic E-state index is -0.0544. The van der Waals surface area contributed by atoms with Crippen molar-refractivity contribution in [3.05, 3.63) is 40.0 Å². The number of carbonyl (C=O) groups is 1. The highest BCUT2D eigenvalue weighted by atomic mass is 35.5. The Bertz CT molecular complexity index is 834. The number of benzene rings is 1. The monoisotopic (exact) mass is 389 g/mol. The van der Waals surface area contributed by atoms with Crippen molar-refractivity contribution in [2.24, 2.45) is 23.7 Å². The fraction of sp³-hybridized carbons (Fsp3) is 0.500. The average Bonchev–Trinajstić information content (AvgIpc) is 3.10. The van der Waals surface area contributed by atoms with Gasteiger partial charge in [0.2, 0.25) is 0 Å². The third kappa shape index (κ3) is 2.84. The zero-order chi connectivity index (χ0) is 17.8. The molecule has 2 aromatic rings. The Morgan fingerprint density at radius 3 is 2.35 bits per heavy atom. The molecule has 0 atom stereocenters. The molecule has 6 heteroatoms. The summed E-state index contributed by atoms with van der Waals surface area (Å²) in [6.45, 7) is 0. The lowest BCUT2D eigenvalue weighted by atomic mass is 9.54. The largest absolute Gasteiger partial charge is 0.347 e. The summed E-state index contributed by atoms with van der Waals surface area (Å²) in [5, 5.41) is 11.4. The van der Waals surface area contributed by atoms with E-state index in [1.807, 2.05) is 6.07 Å². The maximum absolute atomic E-state index is 12.8. The summed E-state index contributed by atoms with van der Waals surface area (Å²) in [5.41, 5.74) is 2.03. The molecule has 4 nitrogen and oxygen atoms in total. The Kier molecular flexibility index (Phi) is 4.02. The van der Waals surface area contributed by atoms with E-state index in [0.29, 0.717) is 39.3 Å².